The summed E-state index contributed by atoms with van der Waals surface area (Å²) in [6.45, 7) is 2.52. The summed E-state index contributed by atoms with van der Waals surface area (Å²) in [6, 6.07) is 9.14. The van der Waals surface area contributed by atoms with Crippen molar-refractivity contribution in [2.75, 3.05) is 43.0 Å². The number of aromatic nitrogens is 1. The maximum absolute atomic E-state index is 13.1. The van der Waals surface area contributed by atoms with Crippen molar-refractivity contribution in [1.29, 1.82) is 0 Å². The Labute approximate surface area is 197 Å². The van der Waals surface area contributed by atoms with Crippen molar-refractivity contribution in [2.24, 2.45) is 5.92 Å². The minimum atomic E-state index is -4.43. The lowest BCUT2D eigenvalue weighted by Gasteiger charge is -2.33. The van der Waals surface area contributed by atoms with E-state index in [0.717, 1.165) is 43.9 Å². The number of hydrogen-bond donors (Lipinski definition) is 2. The van der Waals surface area contributed by atoms with Crippen LogP contribution in [0.5, 0.6) is 0 Å². The fourth-order valence-corrected chi connectivity index (χ4v) is 5.92. The van der Waals surface area contributed by atoms with Gasteiger partial charge in [-0.2, -0.15) is 17.5 Å². The molecule has 0 aliphatic carbocycles. The Hall–Kier alpha value is -2.37. The first kappa shape index (κ1) is 24.7. The fraction of sp³-hybridized carbons (Fsp3) is 0.522. The molecule has 2 fully saturated rings. The van der Waals surface area contributed by atoms with Gasteiger partial charge in [0, 0.05) is 50.7 Å². The Kier molecular flexibility index (Phi) is 7.34. The molecule has 4 rings (SSSR count). The van der Waals surface area contributed by atoms with Crippen LogP contribution in [-0.4, -0.2) is 61.6 Å². The van der Waals surface area contributed by atoms with Gasteiger partial charge in [-0.15, -0.1) is 0 Å². The highest BCUT2D eigenvalue weighted by molar-refractivity contribution is 7.89. The minimum absolute atomic E-state index is 0.0695. The molecule has 0 amide bonds. The normalized spacial score (nSPS) is 19.4. The van der Waals surface area contributed by atoms with Crippen LogP contribution in [-0.2, 0) is 16.2 Å². The first-order valence-corrected chi connectivity index (χ1v) is 12.9. The molecule has 34 heavy (non-hydrogen) atoms. The number of nitrogens with one attached hydrogen (secondary N) is 1. The number of anilines is 2. The van der Waals surface area contributed by atoms with E-state index in [1.807, 2.05) is 12.1 Å². The lowest BCUT2D eigenvalue weighted by molar-refractivity contribution is -0.137. The monoisotopic (exact) mass is 498 g/mol. The summed E-state index contributed by atoms with van der Waals surface area (Å²) in [5, 5.41) is 12.4. The summed E-state index contributed by atoms with van der Waals surface area (Å²) in [4.78, 5) is 6.28. The van der Waals surface area contributed by atoms with Gasteiger partial charge in [0.05, 0.1) is 10.5 Å². The molecule has 2 aliphatic heterocycles. The van der Waals surface area contributed by atoms with Crippen molar-refractivity contribution in [3.05, 3.63) is 48.2 Å². The predicted octanol–water partition coefficient (Wildman–Crippen LogP) is 3.57. The SMILES string of the molecule is O=S(=O)(c1ccc(N2CCC(CO)CC2)cc1)N1CCC(Nc2ccc(C(F)(F)F)cn2)CC1. The summed E-state index contributed by atoms with van der Waals surface area (Å²) < 4.78 is 65.7. The summed E-state index contributed by atoms with van der Waals surface area (Å²) in [5.74, 6) is 0.677. The van der Waals surface area contributed by atoms with E-state index in [0.29, 0.717) is 37.7 Å². The number of aliphatic hydroxyl groups excluding tert-OH is 1. The van der Waals surface area contributed by atoms with Crippen molar-refractivity contribution >= 4 is 21.5 Å². The number of halogens is 3. The molecule has 0 unspecified atom stereocenters. The molecule has 2 aliphatic rings. The van der Waals surface area contributed by atoms with Crippen LogP contribution in [0, 0.1) is 5.92 Å². The molecule has 1 aromatic heterocycles. The first-order chi connectivity index (χ1) is 16.2. The van der Waals surface area contributed by atoms with Crippen LogP contribution in [0.25, 0.3) is 0 Å². The number of benzene rings is 1. The van der Waals surface area contributed by atoms with Crippen LogP contribution in [0.2, 0.25) is 0 Å². The van der Waals surface area contributed by atoms with Gasteiger partial charge in [0.25, 0.3) is 0 Å². The second-order valence-electron chi connectivity index (χ2n) is 8.86. The van der Waals surface area contributed by atoms with Crippen LogP contribution in [0.1, 0.15) is 31.2 Å². The highest BCUT2D eigenvalue weighted by Crippen LogP contribution is 2.30. The van der Waals surface area contributed by atoms with Crippen LogP contribution < -0.4 is 10.2 Å². The number of pyridine rings is 1. The standard InChI is InChI=1S/C23H29F3N4O3S/c24-23(25,26)18-1-6-22(27-15-18)28-19-9-13-30(14-10-19)34(32,33)21-4-2-20(3-5-21)29-11-7-17(16-31)8-12-29/h1-6,15,17,19,31H,7-14,16H2,(H,27,28). The molecule has 0 radical (unpaired) electrons. The van der Waals surface area contributed by atoms with Gasteiger partial charge in [-0.05, 0) is 68.0 Å². The summed E-state index contributed by atoms with van der Waals surface area (Å²) in [6.07, 6.45) is -0.747. The number of piperidine rings is 2. The highest BCUT2D eigenvalue weighted by atomic mass is 32.2. The summed E-state index contributed by atoms with van der Waals surface area (Å²) >= 11 is 0. The van der Waals surface area contributed by atoms with E-state index in [2.05, 4.69) is 15.2 Å². The van der Waals surface area contributed by atoms with Gasteiger partial charge in [-0.1, -0.05) is 0 Å². The third-order valence-corrected chi connectivity index (χ3v) is 8.52. The van der Waals surface area contributed by atoms with Crippen molar-refractivity contribution in [3.63, 3.8) is 0 Å². The third kappa shape index (κ3) is 5.64. The van der Waals surface area contributed by atoms with E-state index >= 15 is 0 Å². The molecular weight excluding hydrogens is 469 g/mol. The summed E-state index contributed by atoms with van der Waals surface area (Å²) in [7, 11) is -3.63. The zero-order valence-electron chi connectivity index (χ0n) is 18.7. The molecule has 186 valence electrons. The van der Waals surface area contributed by atoms with Crippen molar-refractivity contribution in [2.45, 2.75) is 42.8 Å². The third-order valence-electron chi connectivity index (χ3n) is 6.61. The van der Waals surface area contributed by atoms with Gasteiger partial charge in [0.15, 0.2) is 0 Å². The maximum Gasteiger partial charge on any atom is 0.417 e. The lowest BCUT2D eigenvalue weighted by Crippen LogP contribution is -2.42. The van der Waals surface area contributed by atoms with Gasteiger partial charge < -0.3 is 15.3 Å². The molecule has 0 atom stereocenters. The Balaban J connectivity index is 1.32. The van der Waals surface area contributed by atoms with E-state index in [-0.39, 0.29) is 17.5 Å². The van der Waals surface area contributed by atoms with Gasteiger partial charge in [-0.25, -0.2) is 13.4 Å². The topological polar surface area (TPSA) is 85.8 Å². The van der Waals surface area contributed by atoms with E-state index in [4.69, 9.17) is 0 Å². The quantitative estimate of drug-likeness (QED) is 0.634. The number of hydrogen-bond acceptors (Lipinski definition) is 6. The zero-order chi connectivity index (χ0) is 24.3. The average Bonchev–Trinajstić information content (AvgIpc) is 2.84. The van der Waals surface area contributed by atoms with Crippen LogP contribution >= 0.6 is 0 Å². The van der Waals surface area contributed by atoms with Gasteiger partial charge in [0.1, 0.15) is 5.82 Å². The van der Waals surface area contributed by atoms with E-state index in [1.165, 1.54) is 10.4 Å². The number of sulfonamides is 1. The van der Waals surface area contributed by atoms with Crippen molar-refractivity contribution in [1.82, 2.24) is 9.29 Å². The average molecular weight is 499 g/mol. The second-order valence-corrected chi connectivity index (χ2v) is 10.8. The molecule has 3 heterocycles. The zero-order valence-corrected chi connectivity index (χ0v) is 19.5. The largest absolute Gasteiger partial charge is 0.417 e. The second kappa shape index (κ2) is 10.1. The Morgan fingerprint density at radius 1 is 0.971 bits per heavy atom. The van der Waals surface area contributed by atoms with Crippen LogP contribution in [0.4, 0.5) is 24.7 Å². The first-order valence-electron chi connectivity index (χ1n) is 11.4. The molecular formula is C23H29F3N4O3S. The van der Waals surface area contributed by atoms with Crippen LogP contribution in [0.3, 0.4) is 0 Å². The molecule has 2 saturated heterocycles. The number of aliphatic hydroxyl groups is 1. The number of rotatable bonds is 6. The predicted molar refractivity (Wildman–Crippen MR) is 123 cm³/mol. The number of nitrogens with zero attached hydrogens (tertiary/aromatic N) is 3. The molecule has 7 nitrogen and oxygen atoms in total. The molecule has 1 aromatic carbocycles. The van der Waals surface area contributed by atoms with E-state index < -0.39 is 21.8 Å². The Bertz CT molecular complexity index is 1050. The molecule has 2 N–H and O–H groups in total. The fourth-order valence-electron chi connectivity index (χ4n) is 4.45. The van der Waals surface area contributed by atoms with Gasteiger partial charge in [0.2, 0.25) is 10.0 Å². The van der Waals surface area contributed by atoms with Gasteiger partial charge in [-0.3, -0.25) is 0 Å². The lowest BCUT2D eigenvalue weighted by atomic mass is 9.97. The van der Waals surface area contributed by atoms with E-state index in [9.17, 15) is 26.7 Å². The smallest absolute Gasteiger partial charge is 0.396 e. The van der Waals surface area contributed by atoms with Gasteiger partial charge >= 0.3 is 6.18 Å². The van der Waals surface area contributed by atoms with E-state index in [1.54, 1.807) is 12.1 Å². The highest BCUT2D eigenvalue weighted by Gasteiger charge is 2.32. The molecule has 0 saturated carbocycles. The Morgan fingerprint density at radius 2 is 1.62 bits per heavy atom. The van der Waals surface area contributed by atoms with Crippen molar-refractivity contribution in [3.8, 4) is 0 Å². The molecule has 0 bridgehead atoms. The molecule has 11 heteroatoms. The van der Waals surface area contributed by atoms with Crippen LogP contribution in [0.15, 0.2) is 47.5 Å². The number of alkyl halides is 3. The minimum Gasteiger partial charge on any atom is -0.396 e. The maximum atomic E-state index is 13.1. The van der Waals surface area contributed by atoms with Crippen molar-refractivity contribution < 1.29 is 26.7 Å². The Morgan fingerprint density at radius 3 is 2.15 bits per heavy atom. The molecule has 0 spiro atoms. The summed E-state index contributed by atoms with van der Waals surface area (Å²) in [5.41, 5.74) is 0.168. The molecule has 2 aromatic rings.